The predicted molar refractivity (Wildman–Crippen MR) is 93.2 cm³/mol. The van der Waals surface area contributed by atoms with Gasteiger partial charge in [-0.25, -0.2) is 4.98 Å². The van der Waals surface area contributed by atoms with E-state index < -0.39 is 0 Å². The molecule has 2 atom stereocenters. The third kappa shape index (κ3) is 3.18. The molecule has 132 valence electrons. The summed E-state index contributed by atoms with van der Waals surface area (Å²) in [5.74, 6) is 1.69. The number of hydrogen-bond donors (Lipinski definition) is 1. The van der Waals surface area contributed by atoms with Gasteiger partial charge in [0.15, 0.2) is 5.82 Å². The first-order chi connectivity index (χ1) is 12.3. The van der Waals surface area contributed by atoms with Crippen LogP contribution in [0, 0.1) is 0 Å². The van der Waals surface area contributed by atoms with Gasteiger partial charge in [-0.1, -0.05) is 31.2 Å². The molecule has 0 radical (unpaired) electrons. The summed E-state index contributed by atoms with van der Waals surface area (Å²) in [5, 5.41) is 7.18. The zero-order valence-corrected chi connectivity index (χ0v) is 14.6. The van der Waals surface area contributed by atoms with Crippen LogP contribution < -0.4 is 0 Å². The van der Waals surface area contributed by atoms with E-state index in [4.69, 9.17) is 4.74 Å². The number of carbonyl (C=O) groups is 1. The maximum atomic E-state index is 13.2. The minimum absolute atomic E-state index is 0.0259. The molecule has 0 unspecified atom stereocenters. The summed E-state index contributed by atoms with van der Waals surface area (Å²) in [4.78, 5) is 19.6. The number of hydrogen-bond acceptors (Lipinski definition) is 4. The number of amides is 1. The van der Waals surface area contributed by atoms with Gasteiger partial charge in [-0.2, -0.15) is 5.10 Å². The molecule has 0 spiro atoms. The van der Waals surface area contributed by atoms with E-state index in [9.17, 15) is 4.79 Å². The largest absolute Gasteiger partial charge is 0.366 e. The van der Waals surface area contributed by atoms with Crippen molar-refractivity contribution in [2.24, 2.45) is 0 Å². The van der Waals surface area contributed by atoms with Gasteiger partial charge in [0.2, 0.25) is 5.91 Å². The molecule has 4 rings (SSSR count). The molecule has 1 N–H and O–H groups in total. The fourth-order valence-electron chi connectivity index (χ4n) is 3.85. The molecule has 1 aliphatic carbocycles. The lowest BCUT2D eigenvalue weighted by molar-refractivity contribution is -0.141. The topological polar surface area (TPSA) is 71.1 Å². The summed E-state index contributed by atoms with van der Waals surface area (Å²) in [6.45, 7) is 3.72. The Kier molecular flexibility index (Phi) is 4.53. The van der Waals surface area contributed by atoms with Crippen LogP contribution in [0.25, 0.3) is 0 Å². The Hall–Kier alpha value is -2.21. The van der Waals surface area contributed by atoms with Crippen molar-refractivity contribution in [3.63, 3.8) is 0 Å². The Morgan fingerprint density at radius 3 is 3.12 bits per heavy atom. The van der Waals surface area contributed by atoms with E-state index in [1.54, 1.807) is 0 Å². The quantitative estimate of drug-likeness (QED) is 0.931. The van der Waals surface area contributed by atoms with E-state index in [2.05, 4.69) is 33.4 Å². The molecule has 0 bridgehead atoms. The van der Waals surface area contributed by atoms with Crippen molar-refractivity contribution in [1.82, 2.24) is 20.1 Å². The molecule has 2 heterocycles. The minimum Gasteiger partial charge on any atom is -0.366 e. The lowest BCUT2D eigenvalue weighted by atomic mass is 9.82. The molecule has 1 saturated heterocycles. The summed E-state index contributed by atoms with van der Waals surface area (Å²) in [6.07, 6.45) is 3.64. The maximum Gasteiger partial charge on any atom is 0.230 e. The summed E-state index contributed by atoms with van der Waals surface area (Å²) < 4.78 is 5.82. The Balaban J connectivity index is 1.51. The highest BCUT2D eigenvalue weighted by atomic mass is 16.5. The number of carbonyl (C=O) groups excluding carboxylic acids is 1. The van der Waals surface area contributed by atoms with Crippen molar-refractivity contribution in [3.8, 4) is 0 Å². The van der Waals surface area contributed by atoms with Gasteiger partial charge in [0, 0.05) is 13.0 Å². The molecule has 0 saturated carbocycles. The molecule has 1 aliphatic heterocycles. The number of aryl methyl sites for hydroxylation is 2. The Morgan fingerprint density at radius 1 is 1.40 bits per heavy atom. The molecule has 2 aromatic rings. The highest BCUT2D eigenvalue weighted by Gasteiger charge is 2.34. The van der Waals surface area contributed by atoms with Crippen LogP contribution in [0.5, 0.6) is 0 Å². The third-order valence-corrected chi connectivity index (χ3v) is 5.22. The van der Waals surface area contributed by atoms with E-state index in [1.807, 2.05) is 17.9 Å². The zero-order valence-electron chi connectivity index (χ0n) is 14.6. The van der Waals surface area contributed by atoms with Crippen molar-refractivity contribution >= 4 is 5.91 Å². The lowest BCUT2D eigenvalue weighted by Crippen LogP contribution is -2.45. The molecule has 25 heavy (non-hydrogen) atoms. The van der Waals surface area contributed by atoms with Crippen LogP contribution in [0.1, 0.15) is 54.6 Å². The number of ether oxygens (including phenoxy) is 1. The molecular formula is C19H24N4O2. The highest BCUT2D eigenvalue weighted by molar-refractivity contribution is 5.84. The second-order valence-corrected chi connectivity index (χ2v) is 6.78. The lowest BCUT2D eigenvalue weighted by Gasteiger charge is -2.35. The number of morpholine rings is 1. The van der Waals surface area contributed by atoms with E-state index >= 15 is 0 Å². The molecule has 1 aromatic heterocycles. The highest BCUT2D eigenvalue weighted by Crippen LogP contribution is 2.34. The van der Waals surface area contributed by atoms with Crippen LogP contribution in [0.2, 0.25) is 0 Å². The first-order valence-corrected chi connectivity index (χ1v) is 9.15. The predicted octanol–water partition coefficient (Wildman–Crippen LogP) is 2.39. The number of aromatic amines is 1. The molecule has 6 heteroatoms. The number of rotatable bonds is 3. The van der Waals surface area contributed by atoms with E-state index in [1.165, 1.54) is 11.1 Å². The van der Waals surface area contributed by atoms with Crippen LogP contribution in [-0.2, 0) is 22.4 Å². The third-order valence-electron chi connectivity index (χ3n) is 5.22. The van der Waals surface area contributed by atoms with Crippen molar-refractivity contribution < 1.29 is 9.53 Å². The Morgan fingerprint density at radius 2 is 2.28 bits per heavy atom. The maximum absolute atomic E-state index is 13.2. The first kappa shape index (κ1) is 16.3. The fourth-order valence-corrected chi connectivity index (χ4v) is 3.85. The van der Waals surface area contributed by atoms with Gasteiger partial charge in [0.1, 0.15) is 11.9 Å². The number of nitrogens with zero attached hydrogens (tertiary/aromatic N) is 3. The number of aromatic nitrogens is 3. The van der Waals surface area contributed by atoms with Crippen molar-refractivity contribution in [2.75, 3.05) is 19.7 Å². The normalized spacial score (nSPS) is 23.3. The first-order valence-electron chi connectivity index (χ1n) is 9.15. The van der Waals surface area contributed by atoms with Crippen molar-refractivity contribution in [3.05, 3.63) is 47.0 Å². The van der Waals surface area contributed by atoms with Crippen LogP contribution in [0.15, 0.2) is 24.3 Å². The molecule has 6 nitrogen and oxygen atoms in total. The SMILES string of the molecule is CCc1nc([C@H]2CN(C(=O)[C@@H]3CCCc4ccccc43)CCO2)n[nH]1. The molecule has 2 aliphatic rings. The van der Waals surface area contributed by atoms with Crippen molar-refractivity contribution in [2.45, 2.75) is 44.6 Å². The zero-order chi connectivity index (χ0) is 17.2. The van der Waals surface area contributed by atoms with Crippen molar-refractivity contribution in [1.29, 1.82) is 0 Å². The Labute approximate surface area is 147 Å². The number of fused-ring (bicyclic) bond motifs is 1. The average molecular weight is 340 g/mol. The Bertz CT molecular complexity index is 757. The van der Waals surface area contributed by atoms with Gasteiger partial charge in [-0.05, 0) is 30.4 Å². The van der Waals surface area contributed by atoms with Crippen LogP contribution in [0.4, 0.5) is 0 Å². The number of H-pyrrole nitrogens is 1. The second-order valence-electron chi connectivity index (χ2n) is 6.78. The van der Waals surface area contributed by atoms with E-state index in [-0.39, 0.29) is 17.9 Å². The second kappa shape index (κ2) is 6.96. The molecule has 1 aromatic carbocycles. The van der Waals surface area contributed by atoms with Gasteiger partial charge >= 0.3 is 0 Å². The average Bonchev–Trinajstić information content (AvgIpc) is 3.16. The summed E-state index contributed by atoms with van der Waals surface area (Å²) >= 11 is 0. The fraction of sp³-hybridized carbons (Fsp3) is 0.526. The van der Waals surface area contributed by atoms with Crippen LogP contribution >= 0.6 is 0 Å². The van der Waals surface area contributed by atoms with Gasteiger partial charge in [0.05, 0.1) is 19.1 Å². The smallest absolute Gasteiger partial charge is 0.230 e. The number of benzene rings is 1. The minimum atomic E-state index is -0.243. The van der Waals surface area contributed by atoms with Gasteiger partial charge in [-0.15, -0.1) is 0 Å². The summed E-state index contributed by atoms with van der Waals surface area (Å²) in [6, 6.07) is 8.35. The molecule has 1 amide bonds. The standard InChI is InChI=1S/C19H24N4O2/c1-2-17-20-18(22-21-17)16-12-23(10-11-25-16)19(24)15-9-5-7-13-6-3-4-8-14(13)15/h3-4,6,8,15-16H,2,5,7,9-12H2,1H3,(H,20,21,22)/t15-,16-/m1/s1. The van der Waals surface area contributed by atoms with E-state index in [0.29, 0.717) is 25.5 Å². The molecule has 1 fully saturated rings. The molecular weight excluding hydrogens is 316 g/mol. The van der Waals surface area contributed by atoms with Crippen LogP contribution in [0.3, 0.4) is 0 Å². The van der Waals surface area contributed by atoms with Gasteiger partial charge in [0.25, 0.3) is 0 Å². The van der Waals surface area contributed by atoms with Crippen LogP contribution in [-0.4, -0.2) is 45.7 Å². The van der Waals surface area contributed by atoms with E-state index in [0.717, 1.165) is 31.5 Å². The van der Waals surface area contributed by atoms with Gasteiger partial charge in [-0.3, -0.25) is 9.89 Å². The summed E-state index contributed by atoms with van der Waals surface area (Å²) in [5.41, 5.74) is 2.52. The van der Waals surface area contributed by atoms with Gasteiger partial charge < -0.3 is 9.64 Å². The summed E-state index contributed by atoms with van der Waals surface area (Å²) in [7, 11) is 0. The monoisotopic (exact) mass is 340 g/mol. The number of nitrogens with one attached hydrogen (secondary N) is 1.